The van der Waals surface area contributed by atoms with Crippen molar-refractivity contribution in [3.05, 3.63) is 65.7 Å². The van der Waals surface area contributed by atoms with Gasteiger partial charge in [0.05, 0.1) is 0 Å². The van der Waals surface area contributed by atoms with E-state index in [1.807, 2.05) is 60.9 Å². The van der Waals surface area contributed by atoms with Crippen molar-refractivity contribution in [2.24, 2.45) is 0 Å². The third-order valence-electron chi connectivity index (χ3n) is 2.94. The zero-order valence-electron chi connectivity index (χ0n) is 11.5. The van der Waals surface area contributed by atoms with Crippen LogP contribution in [0.3, 0.4) is 0 Å². The van der Waals surface area contributed by atoms with Gasteiger partial charge in [-0.3, -0.25) is 4.79 Å². The lowest BCUT2D eigenvalue weighted by Gasteiger charge is -2.07. The van der Waals surface area contributed by atoms with Gasteiger partial charge in [-0.15, -0.1) is 0 Å². The number of thioether (sulfide) groups is 1. The van der Waals surface area contributed by atoms with E-state index >= 15 is 0 Å². The van der Waals surface area contributed by atoms with Crippen LogP contribution in [0.2, 0.25) is 0 Å². The van der Waals surface area contributed by atoms with Crippen molar-refractivity contribution < 1.29 is 9.53 Å². The summed E-state index contributed by atoms with van der Waals surface area (Å²) in [5.41, 5.74) is 1.84. The number of ketones is 1. The maximum Gasteiger partial charge on any atom is 0.163 e. The fourth-order valence-corrected chi connectivity index (χ4v) is 2.23. The Morgan fingerprint density at radius 3 is 2.65 bits per heavy atom. The molecule has 0 aliphatic rings. The van der Waals surface area contributed by atoms with E-state index in [9.17, 15) is 4.79 Å². The smallest absolute Gasteiger partial charge is 0.163 e. The molecule has 0 aromatic heterocycles. The summed E-state index contributed by atoms with van der Waals surface area (Å²) in [6.07, 6.45) is 2.58. The van der Waals surface area contributed by atoms with Gasteiger partial charge >= 0.3 is 0 Å². The van der Waals surface area contributed by atoms with Crippen LogP contribution in [0.5, 0.6) is 5.75 Å². The molecule has 0 amide bonds. The van der Waals surface area contributed by atoms with Crippen LogP contribution in [0.25, 0.3) is 0 Å². The quantitative estimate of drug-likeness (QED) is 0.713. The summed E-state index contributed by atoms with van der Waals surface area (Å²) in [5.74, 6) is 1.77. The van der Waals surface area contributed by atoms with Crippen LogP contribution in [0, 0.1) is 0 Å². The predicted molar refractivity (Wildman–Crippen MR) is 84.5 cm³/mol. The van der Waals surface area contributed by atoms with E-state index in [1.54, 1.807) is 11.8 Å². The SMILES string of the molecule is CSCCC(=O)c1cccc(OCc2ccccc2)c1. The fourth-order valence-electron chi connectivity index (χ4n) is 1.84. The molecular weight excluding hydrogens is 268 g/mol. The molecule has 0 spiro atoms. The minimum atomic E-state index is 0.171. The Morgan fingerprint density at radius 2 is 1.90 bits per heavy atom. The molecule has 0 bridgehead atoms. The monoisotopic (exact) mass is 286 g/mol. The van der Waals surface area contributed by atoms with Gasteiger partial charge in [0.15, 0.2) is 5.78 Å². The zero-order valence-corrected chi connectivity index (χ0v) is 12.4. The highest BCUT2D eigenvalue weighted by Gasteiger charge is 2.06. The van der Waals surface area contributed by atoms with Crippen molar-refractivity contribution in [1.29, 1.82) is 0 Å². The van der Waals surface area contributed by atoms with Gasteiger partial charge in [-0.1, -0.05) is 42.5 Å². The van der Waals surface area contributed by atoms with E-state index in [4.69, 9.17) is 4.74 Å². The first-order valence-corrected chi connectivity index (χ1v) is 7.98. The number of hydrogen-bond acceptors (Lipinski definition) is 3. The van der Waals surface area contributed by atoms with Crippen molar-refractivity contribution in [3.63, 3.8) is 0 Å². The third kappa shape index (κ3) is 4.42. The van der Waals surface area contributed by atoms with Crippen molar-refractivity contribution in [2.75, 3.05) is 12.0 Å². The molecule has 2 aromatic carbocycles. The number of carbonyl (C=O) groups excluding carboxylic acids is 1. The molecule has 3 heteroatoms. The molecule has 0 unspecified atom stereocenters. The van der Waals surface area contributed by atoms with Gasteiger partial charge in [0, 0.05) is 17.7 Å². The highest BCUT2D eigenvalue weighted by Crippen LogP contribution is 2.17. The van der Waals surface area contributed by atoms with E-state index in [2.05, 4.69) is 0 Å². The lowest BCUT2D eigenvalue weighted by atomic mass is 10.1. The Kier molecular flexibility index (Phi) is 5.69. The molecule has 104 valence electrons. The predicted octanol–water partition coefficient (Wildman–Crippen LogP) is 4.20. The molecule has 0 atom stereocenters. The van der Waals surface area contributed by atoms with Crippen LogP contribution in [0.1, 0.15) is 22.3 Å². The normalized spacial score (nSPS) is 10.2. The molecule has 0 aliphatic heterocycles. The van der Waals surface area contributed by atoms with Crippen LogP contribution in [0.15, 0.2) is 54.6 Å². The average molecular weight is 286 g/mol. The van der Waals surface area contributed by atoms with Gasteiger partial charge in [-0.2, -0.15) is 11.8 Å². The second-order valence-corrected chi connectivity index (χ2v) is 5.45. The van der Waals surface area contributed by atoms with Crippen LogP contribution in [0.4, 0.5) is 0 Å². The van der Waals surface area contributed by atoms with E-state index in [0.29, 0.717) is 13.0 Å². The Labute approximate surface area is 124 Å². The second kappa shape index (κ2) is 7.75. The molecule has 2 nitrogen and oxygen atoms in total. The summed E-state index contributed by atoms with van der Waals surface area (Å²) in [6, 6.07) is 17.4. The molecule has 0 fully saturated rings. The van der Waals surface area contributed by atoms with E-state index < -0.39 is 0 Å². The van der Waals surface area contributed by atoms with Crippen molar-refractivity contribution in [2.45, 2.75) is 13.0 Å². The Morgan fingerprint density at radius 1 is 1.10 bits per heavy atom. The van der Waals surface area contributed by atoms with E-state index in [0.717, 1.165) is 22.6 Å². The molecule has 2 rings (SSSR count). The number of benzene rings is 2. The van der Waals surface area contributed by atoms with Gasteiger partial charge in [-0.25, -0.2) is 0 Å². The van der Waals surface area contributed by atoms with Crippen molar-refractivity contribution >= 4 is 17.5 Å². The summed E-state index contributed by atoms with van der Waals surface area (Å²) < 4.78 is 5.73. The number of ether oxygens (including phenoxy) is 1. The summed E-state index contributed by atoms with van der Waals surface area (Å²) in [4.78, 5) is 12.0. The summed E-state index contributed by atoms with van der Waals surface area (Å²) >= 11 is 1.68. The second-order valence-electron chi connectivity index (χ2n) is 4.47. The topological polar surface area (TPSA) is 26.3 Å². The number of Topliss-reactive ketones (excluding diaryl/α,β-unsaturated/α-hetero) is 1. The summed E-state index contributed by atoms with van der Waals surface area (Å²) in [6.45, 7) is 0.517. The largest absolute Gasteiger partial charge is 0.489 e. The Balaban J connectivity index is 1.97. The third-order valence-corrected chi connectivity index (χ3v) is 3.55. The first-order chi connectivity index (χ1) is 9.79. The van der Waals surface area contributed by atoms with Crippen LogP contribution in [-0.4, -0.2) is 17.8 Å². The average Bonchev–Trinajstić information content (AvgIpc) is 2.52. The standard InChI is InChI=1S/C17H18O2S/c1-20-11-10-17(18)15-8-5-9-16(12-15)19-13-14-6-3-2-4-7-14/h2-9,12H,10-11,13H2,1H3. The summed E-state index contributed by atoms with van der Waals surface area (Å²) in [7, 11) is 0. The van der Waals surface area contributed by atoms with Gasteiger partial charge in [0.1, 0.15) is 12.4 Å². The molecule has 2 aromatic rings. The first kappa shape index (κ1) is 14.7. The molecule has 0 aliphatic carbocycles. The van der Waals surface area contributed by atoms with Crippen molar-refractivity contribution in [3.8, 4) is 5.75 Å². The van der Waals surface area contributed by atoms with Gasteiger partial charge in [0.2, 0.25) is 0 Å². The molecule has 0 saturated heterocycles. The highest BCUT2D eigenvalue weighted by atomic mass is 32.2. The van der Waals surface area contributed by atoms with Crippen LogP contribution in [-0.2, 0) is 6.61 Å². The molecule has 20 heavy (non-hydrogen) atoms. The summed E-state index contributed by atoms with van der Waals surface area (Å²) in [5, 5.41) is 0. The van der Waals surface area contributed by atoms with Crippen LogP contribution >= 0.6 is 11.8 Å². The minimum Gasteiger partial charge on any atom is -0.489 e. The lowest BCUT2D eigenvalue weighted by molar-refractivity contribution is 0.0989. The van der Waals surface area contributed by atoms with Gasteiger partial charge in [0.25, 0.3) is 0 Å². The first-order valence-electron chi connectivity index (χ1n) is 6.58. The zero-order chi connectivity index (χ0) is 14.2. The van der Waals surface area contributed by atoms with Gasteiger partial charge in [-0.05, 0) is 24.0 Å². The number of rotatable bonds is 7. The Bertz CT molecular complexity index is 552. The van der Waals surface area contributed by atoms with Crippen molar-refractivity contribution in [1.82, 2.24) is 0 Å². The molecule has 0 radical (unpaired) electrons. The number of hydrogen-bond donors (Lipinski definition) is 0. The Hall–Kier alpha value is -1.74. The fraction of sp³-hybridized carbons (Fsp3) is 0.235. The highest BCUT2D eigenvalue weighted by molar-refractivity contribution is 7.98. The molecular formula is C17H18O2S. The van der Waals surface area contributed by atoms with Crippen LogP contribution < -0.4 is 4.74 Å². The molecule has 0 saturated carbocycles. The van der Waals surface area contributed by atoms with E-state index in [1.165, 1.54) is 0 Å². The lowest BCUT2D eigenvalue weighted by Crippen LogP contribution is -2.01. The number of carbonyl (C=O) groups is 1. The maximum absolute atomic E-state index is 12.0. The van der Waals surface area contributed by atoms with E-state index in [-0.39, 0.29) is 5.78 Å². The maximum atomic E-state index is 12.0. The minimum absolute atomic E-state index is 0.171. The van der Waals surface area contributed by atoms with Gasteiger partial charge < -0.3 is 4.74 Å². The molecule has 0 heterocycles. The molecule has 0 N–H and O–H groups in total.